The molecule has 0 aliphatic heterocycles. The fourth-order valence-electron chi connectivity index (χ4n) is 3.09. The summed E-state index contributed by atoms with van der Waals surface area (Å²) in [5.74, 6) is -1.74. The van der Waals surface area contributed by atoms with Crippen LogP contribution in [0.15, 0.2) is 42.5 Å². The Kier molecular flexibility index (Phi) is 9.92. The van der Waals surface area contributed by atoms with Gasteiger partial charge in [0.2, 0.25) is 5.91 Å². The Balaban J connectivity index is 2.39. The molecule has 0 fully saturated rings. The Hall–Kier alpha value is -3.76. The maximum atomic E-state index is 13.3. The van der Waals surface area contributed by atoms with Crippen LogP contribution < -0.4 is 10.1 Å². The lowest BCUT2D eigenvalue weighted by molar-refractivity contribution is -0.140. The summed E-state index contributed by atoms with van der Waals surface area (Å²) in [5, 5.41) is 11.3. The number of alkyl halides is 3. The number of halogens is 3. The Morgan fingerprint density at radius 1 is 1.11 bits per heavy atom. The second kappa shape index (κ2) is 12.6. The topological polar surface area (TPSA) is 105 Å². The molecule has 35 heavy (non-hydrogen) atoms. The minimum atomic E-state index is -4.62. The van der Waals surface area contributed by atoms with E-state index in [4.69, 9.17) is 14.6 Å². The van der Waals surface area contributed by atoms with E-state index in [-0.39, 0.29) is 31.0 Å². The van der Waals surface area contributed by atoms with Gasteiger partial charge in [-0.2, -0.15) is 13.2 Å². The first-order chi connectivity index (χ1) is 16.5. The summed E-state index contributed by atoms with van der Waals surface area (Å²) in [4.78, 5) is 36.5. The van der Waals surface area contributed by atoms with Crippen molar-refractivity contribution in [1.82, 2.24) is 10.2 Å². The maximum Gasteiger partial charge on any atom is 0.416 e. The predicted octanol–water partition coefficient (Wildman–Crippen LogP) is 4.32. The zero-order valence-electron chi connectivity index (χ0n) is 19.4. The molecular weight excluding hydrogens is 469 g/mol. The van der Waals surface area contributed by atoms with Crippen LogP contribution in [0.4, 0.5) is 18.0 Å². The summed E-state index contributed by atoms with van der Waals surface area (Å²) >= 11 is 0. The number of aliphatic carboxylic acids is 1. The van der Waals surface area contributed by atoms with Crippen LogP contribution in [-0.4, -0.2) is 54.8 Å². The van der Waals surface area contributed by atoms with E-state index in [1.165, 1.54) is 18.0 Å². The summed E-state index contributed by atoms with van der Waals surface area (Å²) in [6, 6.07) is 9.04. The van der Waals surface area contributed by atoms with E-state index in [2.05, 4.69) is 5.32 Å². The number of unbranched alkanes of at least 4 members (excludes halogenated alkanes) is 1. The summed E-state index contributed by atoms with van der Waals surface area (Å²) in [6.07, 6.45) is -3.85. The Morgan fingerprint density at radius 3 is 2.49 bits per heavy atom. The molecule has 0 bridgehead atoms. The van der Waals surface area contributed by atoms with E-state index < -0.39 is 36.3 Å². The molecule has 0 aliphatic rings. The first kappa shape index (κ1) is 27.5. The molecule has 0 unspecified atom stereocenters. The van der Waals surface area contributed by atoms with Crippen LogP contribution in [0.5, 0.6) is 5.75 Å². The van der Waals surface area contributed by atoms with Crippen molar-refractivity contribution in [3.8, 4) is 16.9 Å². The second-order valence-corrected chi connectivity index (χ2v) is 7.59. The van der Waals surface area contributed by atoms with Crippen molar-refractivity contribution in [1.29, 1.82) is 0 Å². The fraction of sp³-hybridized carbons (Fsp3) is 0.375. The average Bonchev–Trinajstić information content (AvgIpc) is 2.81. The van der Waals surface area contributed by atoms with Crippen LogP contribution in [0.25, 0.3) is 11.1 Å². The van der Waals surface area contributed by atoms with Gasteiger partial charge in [-0.05, 0) is 41.8 Å². The van der Waals surface area contributed by atoms with Gasteiger partial charge in [-0.15, -0.1) is 0 Å². The summed E-state index contributed by atoms with van der Waals surface area (Å²) in [7, 11) is 1.43. The van der Waals surface area contributed by atoms with Gasteiger partial charge in [0.1, 0.15) is 12.3 Å². The third kappa shape index (κ3) is 8.51. The minimum Gasteiger partial charge on any atom is -0.481 e. The van der Waals surface area contributed by atoms with Crippen molar-refractivity contribution in [3.05, 3.63) is 53.6 Å². The molecule has 0 aliphatic carbocycles. The number of benzene rings is 2. The SMILES string of the molecule is CCCCOC(=O)N(CC(=O)NC)Cc1cccc(-c2cc(C(F)(F)F)ccc2OCC(=O)O)c1. The van der Waals surface area contributed by atoms with E-state index in [0.29, 0.717) is 17.5 Å². The zero-order valence-corrected chi connectivity index (χ0v) is 19.4. The molecule has 0 heterocycles. The highest BCUT2D eigenvalue weighted by Crippen LogP contribution is 2.37. The molecule has 8 nitrogen and oxygen atoms in total. The van der Waals surface area contributed by atoms with Gasteiger partial charge in [0, 0.05) is 19.2 Å². The smallest absolute Gasteiger partial charge is 0.416 e. The normalized spacial score (nSPS) is 11.0. The van der Waals surface area contributed by atoms with Gasteiger partial charge in [-0.3, -0.25) is 9.69 Å². The first-order valence-corrected chi connectivity index (χ1v) is 10.8. The van der Waals surface area contributed by atoms with Gasteiger partial charge < -0.3 is 19.9 Å². The highest BCUT2D eigenvalue weighted by molar-refractivity contribution is 5.82. The molecule has 190 valence electrons. The van der Waals surface area contributed by atoms with E-state index in [1.54, 1.807) is 18.2 Å². The van der Waals surface area contributed by atoms with E-state index in [9.17, 15) is 27.6 Å². The van der Waals surface area contributed by atoms with Crippen LogP contribution in [-0.2, 0) is 27.0 Å². The van der Waals surface area contributed by atoms with Gasteiger partial charge in [-0.1, -0.05) is 31.5 Å². The molecule has 11 heteroatoms. The van der Waals surface area contributed by atoms with Gasteiger partial charge >= 0.3 is 18.2 Å². The number of nitrogens with zero attached hydrogens (tertiary/aromatic N) is 1. The number of ether oxygens (including phenoxy) is 2. The number of nitrogens with one attached hydrogen (secondary N) is 1. The number of hydrogen-bond acceptors (Lipinski definition) is 5. The number of rotatable bonds is 11. The molecule has 0 saturated heterocycles. The predicted molar refractivity (Wildman–Crippen MR) is 121 cm³/mol. The monoisotopic (exact) mass is 496 g/mol. The highest BCUT2D eigenvalue weighted by atomic mass is 19.4. The number of amides is 2. The number of hydrogen-bond donors (Lipinski definition) is 2. The number of carboxylic acid groups (broad SMARTS) is 1. The largest absolute Gasteiger partial charge is 0.481 e. The molecule has 2 amide bonds. The van der Waals surface area contributed by atoms with Gasteiger partial charge in [0.15, 0.2) is 6.61 Å². The third-order valence-electron chi connectivity index (χ3n) is 4.86. The van der Waals surface area contributed by atoms with Gasteiger partial charge in [0.25, 0.3) is 0 Å². The number of carbonyl (C=O) groups is 3. The fourth-order valence-corrected chi connectivity index (χ4v) is 3.09. The quantitative estimate of drug-likeness (QED) is 0.449. The molecule has 0 atom stereocenters. The molecule has 0 radical (unpaired) electrons. The molecule has 0 saturated carbocycles. The number of carboxylic acids is 1. The molecule has 2 aromatic carbocycles. The van der Waals surface area contributed by atoms with Crippen molar-refractivity contribution in [3.63, 3.8) is 0 Å². The van der Waals surface area contributed by atoms with Crippen LogP contribution in [0.2, 0.25) is 0 Å². The molecule has 2 N–H and O–H groups in total. The number of likely N-dealkylation sites (N-methyl/N-ethyl adjacent to an activating group) is 1. The van der Waals surface area contributed by atoms with Gasteiger partial charge in [-0.25, -0.2) is 9.59 Å². The average molecular weight is 496 g/mol. The van der Waals surface area contributed by atoms with Crippen LogP contribution >= 0.6 is 0 Å². The third-order valence-corrected chi connectivity index (χ3v) is 4.86. The minimum absolute atomic E-state index is 0.0336. The molecule has 2 rings (SSSR count). The lowest BCUT2D eigenvalue weighted by Crippen LogP contribution is -2.39. The molecule has 0 aromatic heterocycles. The summed E-state index contributed by atoms with van der Waals surface area (Å²) in [5.41, 5.74) is -0.0682. The van der Waals surface area contributed by atoms with E-state index in [1.807, 2.05) is 6.92 Å². The van der Waals surface area contributed by atoms with Gasteiger partial charge in [0.05, 0.1) is 12.2 Å². The molecule has 2 aromatic rings. The lowest BCUT2D eigenvalue weighted by atomic mass is 9.99. The first-order valence-electron chi connectivity index (χ1n) is 10.8. The van der Waals surface area contributed by atoms with Crippen molar-refractivity contribution in [2.24, 2.45) is 0 Å². The number of carbonyl (C=O) groups excluding carboxylic acids is 2. The maximum absolute atomic E-state index is 13.3. The second-order valence-electron chi connectivity index (χ2n) is 7.59. The standard InChI is InChI=1S/C24H27F3N2O6/c1-3-4-10-34-23(33)29(14-21(30)28-2)13-16-6-5-7-17(11-16)19-12-18(24(25,26)27)8-9-20(19)35-15-22(31)32/h5-9,11-12H,3-4,10,13-15H2,1-2H3,(H,28,30)(H,31,32). The zero-order chi connectivity index (χ0) is 26.0. The van der Waals surface area contributed by atoms with E-state index in [0.717, 1.165) is 24.6 Å². The molecule has 0 spiro atoms. The lowest BCUT2D eigenvalue weighted by Gasteiger charge is -2.22. The molecular formula is C24H27F3N2O6. The Bertz CT molecular complexity index is 1040. The van der Waals surface area contributed by atoms with Crippen molar-refractivity contribution in [2.75, 3.05) is 26.8 Å². The van der Waals surface area contributed by atoms with Crippen molar-refractivity contribution in [2.45, 2.75) is 32.5 Å². The highest BCUT2D eigenvalue weighted by Gasteiger charge is 2.31. The van der Waals surface area contributed by atoms with Crippen LogP contribution in [0.3, 0.4) is 0 Å². The summed E-state index contributed by atoms with van der Waals surface area (Å²) in [6.45, 7) is 1.07. The van der Waals surface area contributed by atoms with Crippen molar-refractivity contribution >= 4 is 18.0 Å². The van der Waals surface area contributed by atoms with Crippen LogP contribution in [0, 0.1) is 0 Å². The Labute approximate surface area is 200 Å². The van der Waals surface area contributed by atoms with Crippen molar-refractivity contribution < 1.29 is 42.1 Å². The van der Waals surface area contributed by atoms with Crippen LogP contribution in [0.1, 0.15) is 30.9 Å². The summed E-state index contributed by atoms with van der Waals surface area (Å²) < 4.78 is 50.4. The Morgan fingerprint density at radius 2 is 1.86 bits per heavy atom. The van der Waals surface area contributed by atoms with E-state index >= 15 is 0 Å².